The van der Waals surface area contributed by atoms with Gasteiger partial charge in [0.25, 0.3) is 0 Å². The fourth-order valence-corrected chi connectivity index (χ4v) is 2.21. The minimum Gasteiger partial charge on any atom is -0.399 e. The van der Waals surface area contributed by atoms with Gasteiger partial charge in [-0.2, -0.15) is 0 Å². The number of benzene rings is 1. The third-order valence-corrected chi connectivity index (χ3v) is 2.98. The van der Waals surface area contributed by atoms with Gasteiger partial charge in [0.2, 0.25) is 5.91 Å². The minimum atomic E-state index is 0.155. The quantitative estimate of drug-likeness (QED) is 0.682. The van der Waals surface area contributed by atoms with Gasteiger partial charge in [-0.15, -0.1) is 0 Å². The number of carbonyl (C=O) groups excluding carboxylic acids is 1. The Morgan fingerprint density at radius 2 is 2.27 bits per heavy atom. The summed E-state index contributed by atoms with van der Waals surface area (Å²) < 4.78 is 0. The van der Waals surface area contributed by atoms with E-state index in [-0.39, 0.29) is 5.91 Å². The summed E-state index contributed by atoms with van der Waals surface area (Å²) in [7, 11) is 0. The molecule has 0 radical (unpaired) electrons. The fraction of sp³-hybridized carbons (Fsp3) is 0.417. The van der Waals surface area contributed by atoms with E-state index in [0.717, 1.165) is 18.7 Å². The molecule has 1 aromatic carbocycles. The van der Waals surface area contributed by atoms with Gasteiger partial charge in [-0.1, -0.05) is 6.07 Å². The molecule has 3 N–H and O–H groups in total. The molecule has 1 aliphatic heterocycles. The predicted molar refractivity (Wildman–Crippen MR) is 60.6 cm³/mol. The lowest BCUT2D eigenvalue weighted by molar-refractivity contribution is -0.122. The molecular formula is C12H16N2O. The lowest BCUT2D eigenvalue weighted by Crippen LogP contribution is -2.32. The van der Waals surface area contributed by atoms with Crippen LogP contribution in [0.4, 0.5) is 5.69 Å². The highest BCUT2D eigenvalue weighted by Crippen LogP contribution is 2.29. The number of piperidine rings is 1. The molecule has 1 saturated heterocycles. The fourth-order valence-electron chi connectivity index (χ4n) is 2.21. The summed E-state index contributed by atoms with van der Waals surface area (Å²) in [6.07, 6.45) is 1.63. The Kier molecular flexibility index (Phi) is 2.62. The number of nitrogens with one attached hydrogen (secondary N) is 1. The molecule has 3 nitrogen and oxygen atoms in total. The average Bonchev–Trinajstić information content (AvgIpc) is 2.17. The highest BCUT2D eigenvalue weighted by Gasteiger charge is 2.21. The van der Waals surface area contributed by atoms with E-state index in [9.17, 15) is 4.79 Å². The topological polar surface area (TPSA) is 55.1 Å². The van der Waals surface area contributed by atoms with Crippen molar-refractivity contribution < 1.29 is 4.79 Å². The van der Waals surface area contributed by atoms with Gasteiger partial charge >= 0.3 is 0 Å². The summed E-state index contributed by atoms with van der Waals surface area (Å²) in [6, 6.07) is 5.94. The zero-order valence-corrected chi connectivity index (χ0v) is 8.92. The molecule has 1 atom stereocenters. The predicted octanol–water partition coefficient (Wildman–Crippen LogP) is 1.57. The highest BCUT2D eigenvalue weighted by molar-refractivity contribution is 5.77. The Labute approximate surface area is 89.7 Å². The van der Waals surface area contributed by atoms with E-state index in [1.165, 1.54) is 11.1 Å². The molecule has 80 valence electrons. The largest absolute Gasteiger partial charge is 0.399 e. The summed E-state index contributed by atoms with van der Waals surface area (Å²) in [4.78, 5) is 11.3. The molecule has 0 saturated carbocycles. The third-order valence-electron chi connectivity index (χ3n) is 2.98. The van der Waals surface area contributed by atoms with Crippen LogP contribution in [0.15, 0.2) is 18.2 Å². The lowest BCUT2D eigenvalue weighted by atomic mass is 9.87. The molecule has 1 heterocycles. The van der Waals surface area contributed by atoms with Gasteiger partial charge in [0.1, 0.15) is 0 Å². The molecule has 1 aromatic rings. The Morgan fingerprint density at radius 1 is 1.47 bits per heavy atom. The number of hydrogen-bond donors (Lipinski definition) is 2. The Balaban J connectivity index is 2.24. The first kappa shape index (κ1) is 10.0. The molecule has 1 aliphatic rings. The van der Waals surface area contributed by atoms with Crippen LogP contribution in [0.25, 0.3) is 0 Å². The SMILES string of the molecule is Cc1cc(N)ccc1C1CCNC(=O)C1. The van der Waals surface area contributed by atoms with Crippen LogP contribution >= 0.6 is 0 Å². The maximum atomic E-state index is 11.3. The maximum Gasteiger partial charge on any atom is 0.220 e. The van der Waals surface area contributed by atoms with E-state index in [0.29, 0.717) is 12.3 Å². The second kappa shape index (κ2) is 3.93. The van der Waals surface area contributed by atoms with E-state index in [1.54, 1.807) is 0 Å². The second-order valence-electron chi connectivity index (χ2n) is 4.16. The van der Waals surface area contributed by atoms with Crippen LogP contribution in [0.1, 0.15) is 29.9 Å². The first-order chi connectivity index (χ1) is 7.16. The average molecular weight is 204 g/mol. The number of amides is 1. The van der Waals surface area contributed by atoms with Crippen molar-refractivity contribution in [1.29, 1.82) is 0 Å². The smallest absolute Gasteiger partial charge is 0.220 e. The van der Waals surface area contributed by atoms with Crippen LogP contribution in [0.2, 0.25) is 0 Å². The van der Waals surface area contributed by atoms with Gasteiger partial charge in [0, 0.05) is 18.7 Å². The number of carbonyl (C=O) groups is 1. The van der Waals surface area contributed by atoms with Gasteiger partial charge in [0.15, 0.2) is 0 Å². The molecule has 2 rings (SSSR count). The van der Waals surface area contributed by atoms with E-state index < -0.39 is 0 Å². The van der Waals surface area contributed by atoms with Gasteiger partial charge in [-0.05, 0) is 42.5 Å². The summed E-state index contributed by atoms with van der Waals surface area (Å²) in [5.74, 6) is 0.516. The number of hydrogen-bond acceptors (Lipinski definition) is 2. The van der Waals surface area contributed by atoms with Crippen molar-refractivity contribution in [2.45, 2.75) is 25.7 Å². The molecule has 0 aliphatic carbocycles. The summed E-state index contributed by atoms with van der Waals surface area (Å²) >= 11 is 0. The van der Waals surface area contributed by atoms with E-state index in [4.69, 9.17) is 5.73 Å². The molecule has 1 fully saturated rings. The standard InChI is InChI=1S/C12H16N2O/c1-8-6-10(13)2-3-11(8)9-4-5-14-12(15)7-9/h2-3,6,9H,4-5,7,13H2,1H3,(H,14,15). The van der Waals surface area contributed by atoms with Crippen molar-refractivity contribution in [3.63, 3.8) is 0 Å². The van der Waals surface area contributed by atoms with Gasteiger partial charge in [-0.3, -0.25) is 4.79 Å². The van der Waals surface area contributed by atoms with Crippen LogP contribution < -0.4 is 11.1 Å². The normalized spacial score (nSPS) is 21.1. The van der Waals surface area contributed by atoms with Crippen molar-refractivity contribution >= 4 is 11.6 Å². The molecule has 15 heavy (non-hydrogen) atoms. The number of rotatable bonds is 1. The van der Waals surface area contributed by atoms with Crippen LogP contribution in [0.5, 0.6) is 0 Å². The van der Waals surface area contributed by atoms with Crippen molar-refractivity contribution in [3.05, 3.63) is 29.3 Å². The third kappa shape index (κ3) is 2.12. The van der Waals surface area contributed by atoms with E-state index >= 15 is 0 Å². The minimum absolute atomic E-state index is 0.155. The molecule has 0 bridgehead atoms. The first-order valence-electron chi connectivity index (χ1n) is 5.29. The first-order valence-corrected chi connectivity index (χ1v) is 5.29. The van der Waals surface area contributed by atoms with Crippen LogP contribution in [-0.2, 0) is 4.79 Å². The molecular weight excluding hydrogens is 188 g/mol. The maximum absolute atomic E-state index is 11.3. The van der Waals surface area contributed by atoms with Crippen LogP contribution in [0, 0.1) is 6.92 Å². The molecule has 1 unspecified atom stereocenters. The van der Waals surface area contributed by atoms with E-state index in [1.807, 2.05) is 18.2 Å². The van der Waals surface area contributed by atoms with Crippen molar-refractivity contribution in [2.75, 3.05) is 12.3 Å². The van der Waals surface area contributed by atoms with Gasteiger partial charge < -0.3 is 11.1 Å². The zero-order valence-electron chi connectivity index (χ0n) is 8.92. The molecule has 3 heteroatoms. The van der Waals surface area contributed by atoms with Crippen molar-refractivity contribution in [1.82, 2.24) is 5.32 Å². The van der Waals surface area contributed by atoms with Crippen LogP contribution in [-0.4, -0.2) is 12.5 Å². The Morgan fingerprint density at radius 3 is 2.93 bits per heavy atom. The zero-order chi connectivity index (χ0) is 10.8. The number of nitrogen functional groups attached to an aromatic ring is 1. The van der Waals surface area contributed by atoms with Gasteiger partial charge in [0.05, 0.1) is 0 Å². The Bertz CT molecular complexity index is 387. The lowest BCUT2D eigenvalue weighted by Gasteiger charge is -2.23. The Hall–Kier alpha value is -1.51. The van der Waals surface area contributed by atoms with Crippen LogP contribution in [0.3, 0.4) is 0 Å². The van der Waals surface area contributed by atoms with E-state index in [2.05, 4.69) is 12.2 Å². The van der Waals surface area contributed by atoms with Crippen molar-refractivity contribution in [3.8, 4) is 0 Å². The van der Waals surface area contributed by atoms with Gasteiger partial charge in [-0.25, -0.2) is 0 Å². The highest BCUT2D eigenvalue weighted by atomic mass is 16.1. The molecule has 1 amide bonds. The molecule has 0 spiro atoms. The molecule has 0 aromatic heterocycles. The summed E-state index contributed by atoms with van der Waals surface area (Å²) in [5, 5.41) is 2.85. The summed E-state index contributed by atoms with van der Waals surface area (Å²) in [5.41, 5.74) is 8.95. The monoisotopic (exact) mass is 204 g/mol. The number of aryl methyl sites for hydroxylation is 1. The number of anilines is 1. The summed E-state index contributed by atoms with van der Waals surface area (Å²) in [6.45, 7) is 2.84. The second-order valence-corrected chi connectivity index (χ2v) is 4.16. The number of nitrogens with two attached hydrogens (primary N) is 1. The van der Waals surface area contributed by atoms with Crippen molar-refractivity contribution in [2.24, 2.45) is 0 Å².